The van der Waals surface area contributed by atoms with E-state index < -0.39 is 17.6 Å². The van der Waals surface area contributed by atoms with Crippen LogP contribution in [0, 0.1) is 5.92 Å². The lowest BCUT2D eigenvalue weighted by Gasteiger charge is -2.38. The van der Waals surface area contributed by atoms with Crippen LogP contribution in [0.15, 0.2) is 54.6 Å². The molecule has 2 aliphatic rings. The lowest BCUT2D eigenvalue weighted by Crippen LogP contribution is -2.41. The summed E-state index contributed by atoms with van der Waals surface area (Å²) in [7, 11) is 0. The van der Waals surface area contributed by atoms with Crippen LogP contribution >= 0.6 is 0 Å². The van der Waals surface area contributed by atoms with Gasteiger partial charge in [-0.05, 0) is 95.2 Å². The molecule has 0 unspecified atom stereocenters. The topological polar surface area (TPSA) is 150 Å². The van der Waals surface area contributed by atoms with Gasteiger partial charge in [-0.15, -0.1) is 0 Å². The second-order valence-corrected chi connectivity index (χ2v) is 13.3. The van der Waals surface area contributed by atoms with Crippen molar-refractivity contribution in [3.8, 4) is 22.8 Å². The van der Waals surface area contributed by atoms with Gasteiger partial charge in [0.05, 0.1) is 12.6 Å². The first kappa shape index (κ1) is 34.7. The van der Waals surface area contributed by atoms with Crippen molar-refractivity contribution in [1.29, 1.82) is 0 Å². The van der Waals surface area contributed by atoms with Gasteiger partial charge in [0.25, 0.3) is 5.91 Å². The number of primary amides is 1. The monoisotopic (exact) mass is 660 g/mol. The average Bonchev–Trinajstić information content (AvgIpc) is 3.46. The summed E-state index contributed by atoms with van der Waals surface area (Å²) < 4.78 is 18.7. The highest BCUT2D eigenvalue weighted by molar-refractivity contribution is 6.03. The van der Waals surface area contributed by atoms with E-state index in [0.29, 0.717) is 68.0 Å². The molecule has 5 rings (SSSR count). The first-order valence-electron chi connectivity index (χ1n) is 16.9. The molecule has 1 atom stereocenters. The number of unbranched alkanes of at least 4 members (excludes halogenated alkanes) is 1. The zero-order valence-corrected chi connectivity index (χ0v) is 28.2. The minimum atomic E-state index is -0.530. The van der Waals surface area contributed by atoms with Gasteiger partial charge >= 0.3 is 6.09 Å². The Kier molecular flexibility index (Phi) is 11.6. The van der Waals surface area contributed by atoms with E-state index in [0.717, 1.165) is 50.0 Å². The van der Waals surface area contributed by atoms with Crippen LogP contribution < -0.4 is 21.1 Å². The van der Waals surface area contributed by atoms with Gasteiger partial charge in [-0.1, -0.05) is 18.2 Å². The number of carbonyl (C=O) groups is 3. The summed E-state index contributed by atoms with van der Waals surface area (Å²) in [6, 6.07) is 17.2. The van der Waals surface area contributed by atoms with Gasteiger partial charge in [-0.2, -0.15) is 5.10 Å². The van der Waals surface area contributed by atoms with Crippen LogP contribution in [0.4, 0.5) is 10.6 Å². The standard InChI is InChI=1S/C36H48N6O6/c1-36(2,3)48-35(45)39-20-24-46-23-8-7-11-30(43)41-21-17-25(18-22-41)29-16-19-38-34-31(33(37)44)32(40-42(29)34)26-12-14-28(15-13-26)47-27-9-5-4-6-10-27/h4-6,9-10,12-15,25,29,38H,7-8,11,16-24H2,1-3H3,(H2,37,44)(H,39,45)/t29-/m0/s1. The number of hydrogen-bond donors (Lipinski definition) is 3. The van der Waals surface area contributed by atoms with E-state index in [1.807, 2.05) is 85.0 Å². The maximum atomic E-state index is 12.9. The Bertz CT molecular complexity index is 1530. The number of fused-ring (bicyclic) bond motifs is 1. The molecule has 12 heteroatoms. The molecule has 3 amide bonds. The molecule has 2 aromatic carbocycles. The molecule has 0 bridgehead atoms. The second kappa shape index (κ2) is 16.0. The molecule has 4 N–H and O–H groups in total. The van der Waals surface area contributed by atoms with Crippen molar-refractivity contribution in [1.82, 2.24) is 20.0 Å². The minimum absolute atomic E-state index is 0.105. The maximum Gasteiger partial charge on any atom is 0.407 e. The lowest BCUT2D eigenvalue weighted by molar-refractivity contribution is -0.133. The van der Waals surface area contributed by atoms with Crippen molar-refractivity contribution >= 4 is 23.7 Å². The van der Waals surface area contributed by atoms with Gasteiger partial charge in [-0.25, -0.2) is 9.48 Å². The van der Waals surface area contributed by atoms with Crippen LogP contribution in [0.25, 0.3) is 11.3 Å². The maximum absolute atomic E-state index is 12.9. The number of anilines is 1. The van der Waals surface area contributed by atoms with Gasteiger partial charge in [0, 0.05) is 44.8 Å². The normalized spacial score (nSPS) is 16.5. The Morgan fingerprint density at radius 2 is 1.67 bits per heavy atom. The number of para-hydroxylation sites is 1. The Morgan fingerprint density at radius 1 is 0.958 bits per heavy atom. The summed E-state index contributed by atoms with van der Waals surface area (Å²) in [5.41, 5.74) is 7.12. The summed E-state index contributed by atoms with van der Waals surface area (Å²) in [6.45, 7) is 8.89. The molecule has 3 aromatic rings. The molecule has 0 aliphatic carbocycles. The molecule has 3 heterocycles. The van der Waals surface area contributed by atoms with Crippen LogP contribution in [0.1, 0.15) is 75.7 Å². The van der Waals surface area contributed by atoms with Crippen LogP contribution in [0.2, 0.25) is 0 Å². The Balaban J connectivity index is 1.09. The third kappa shape index (κ3) is 9.27. The summed E-state index contributed by atoms with van der Waals surface area (Å²) in [4.78, 5) is 39.3. The molecule has 0 spiro atoms. The summed E-state index contributed by atoms with van der Waals surface area (Å²) in [5, 5.41) is 11.0. The summed E-state index contributed by atoms with van der Waals surface area (Å²) in [5.74, 6) is 2.07. The van der Waals surface area contributed by atoms with Gasteiger partial charge in [0.1, 0.15) is 34.2 Å². The molecule has 0 saturated carbocycles. The highest BCUT2D eigenvalue weighted by Gasteiger charge is 2.36. The van der Waals surface area contributed by atoms with E-state index in [-0.39, 0.29) is 11.9 Å². The molecule has 0 radical (unpaired) electrons. The number of rotatable bonds is 13. The number of hydrogen-bond acceptors (Lipinski definition) is 8. The van der Waals surface area contributed by atoms with Gasteiger partial charge in [-0.3, -0.25) is 9.59 Å². The molecule has 1 saturated heterocycles. The number of nitrogens with zero attached hydrogens (tertiary/aromatic N) is 3. The van der Waals surface area contributed by atoms with E-state index in [1.165, 1.54) is 0 Å². The van der Waals surface area contributed by atoms with Crippen molar-refractivity contribution in [2.45, 2.75) is 70.9 Å². The van der Waals surface area contributed by atoms with Crippen LogP contribution in [-0.4, -0.2) is 77.6 Å². The first-order valence-corrected chi connectivity index (χ1v) is 16.9. The van der Waals surface area contributed by atoms with Crippen molar-refractivity contribution in [3.05, 3.63) is 60.2 Å². The zero-order valence-electron chi connectivity index (χ0n) is 28.2. The third-order valence-electron chi connectivity index (χ3n) is 8.59. The van der Waals surface area contributed by atoms with Gasteiger partial charge < -0.3 is 35.5 Å². The second-order valence-electron chi connectivity index (χ2n) is 13.3. The smallest absolute Gasteiger partial charge is 0.407 e. The summed E-state index contributed by atoms with van der Waals surface area (Å²) in [6.07, 6.45) is 4.18. The third-order valence-corrected chi connectivity index (χ3v) is 8.59. The molecule has 258 valence electrons. The highest BCUT2D eigenvalue weighted by atomic mass is 16.6. The zero-order chi connectivity index (χ0) is 34.1. The molecular formula is C36H48N6O6. The number of nitrogens with one attached hydrogen (secondary N) is 2. The number of ether oxygens (including phenoxy) is 3. The van der Waals surface area contributed by atoms with E-state index in [2.05, 4.69) is 10.6 Å². The number of aromatic nitrogens is 2. The summed E-state index contributed by atoms with van der Waals surface area (Å²) >= 11 is 0. The van der Waals surface area contributed by atoms with E-state index in [9.17, 15) is 14.4 Å². The average molecular weight is 661 g/mol. The van der Waals surface area contributed by atoms with Gasteiger partial charge in [0.15, 0.2) is 0 Å². The highest BCUT2D eigenvalue weighted by Crippen LogP contribution is 2.40. The van der Waals surface area contributed by atoms with Crippen LogP contribution in [-0.2, 0) is 14.3 Å². The lowest BCUT2D eigenvalue weighted by atomic mass is 9.86. The van der Waals surface area contributed by atoms with E-state index >= 15 is 0 Å². The molecule has 48 heavy (non-hydrogen) atoms. The first-order chi connectivity index (χ1) is 23.1. The number of carbonyl (C=O) groups excluding carboxylic acids is 3. The predicted octanol–water partition coefficient (Wildman–Crippen LogP) is 5.75. The SMILES string of the molecule is CC(C)(C)OC(=O)NCCOCCCCC(=O)N1CCC([C@@H]2CCNc3c(C(N)=O)c(-c4ccc(Oc5ccccc5)cc4)nn32)CC1. The predicted molar refractivity (Wildman–Crippen MR) is 183 cm³/mol. The Hall–Kier alpha value is -4.58. The number of piperidine rings is 1. The van der Waals surface area contributed by atoms with Gasteiger partial charge in [0.2, 0.25) is 5.91 Å². The fraction of sp³-hybridized carbons (Fsp3) is 0.500. The molecule has 1 aromatic heterocycles. The van der Waals surface area contributed by atoms with Crippen molar-refractivity contribution < 1.29 is 28.6 Å². The molecule has 12 nitrogen and oxygen atoms in total. The van der Waals surface area contributed by atoms with Crippen molar-refractivity contribution in [3.63, 3.8) is 0 Å². The largest absolute Gasteiger partial charge is 0.457 e. The van der Waals surface area contributed by atoms with Crippen molar-refractivity contribution in [2.75, 3.05) is 44.7 Å². The van der Waals surface area contributed by atoms with Crippen LogP contribution in [0.3, 0.4) is 0 Å². The quantitative estimate of drug-likeness (QED) is 0.196. The minimum Gasteiger partial charge on any atom is -0.457 e. The number of alkyl carbamates (subject to hydrolysis) is 1. The van der Waals surface area contributed by atoms with E-state index in [4.69, 9.17) is 25.0 Å². The number of benzene rings is 2. The molecule has 1 fully saturated rings. The number of amides is 3. The Morgan fingerprint density at radius 3 is 2.35 bits per heavy atom. The van der Waals surface area contributed by atoms with E-state index in [1.54, 1.807) is 0 Å². The fourth-order valence-electron chi connectivity index (χ4n) is 6.29. The van der Waals surface area contributed by atoms with Crippen LogP contribution in [0.5, 0.6) is 11.5 Å². The molecular weight excluding hydrogens is 612 g/mol. The number of likely N-dealkylation sites (tertiary alicyclic amines) is 1. The Labute approximate surface area is 282 Å². The number of nitrogens with two attached hydrogens (primary N) is 1. The molecule has 2 aliphatic heterocycles. The van der Waals surface area contributed by atoms with Crippen molar-refractivity contribution in [2.24, 2.45) is 11.7 Å². The fourth-order valence-corrected chi connectivity index (χ4v) is 6.29.